The molecule has 0 saturated carbocycles. The van der Waals surface area contributed by atoms with Gasteiger partial charge in [-0.25, -0.2) is 5.43 Å². The lowest BCUT2D eigenvalue weighted by Gasteiger charge is -2.10. The van der Waals surface area contributed by atoms with Gasteiger partial charge in [-0.15, -0.1) is 0 Å². The van der Waals surface area contributed by atoms with Crippen LogP contribution in [0.1, 0.15) is 27.3 Å². The second kappa shape index (κ2) is 7.72. The lowest BCUT2D eigenvalue weighted by molar-refractivity contribution is 0.0955. The topological polar surface area (TPSA) is 59.3 Å². The van der Waals surface area contributed by atoms with Gasteiger partial charge in [-0.05, 0) is 50.2 Å². The zero-order chi connectivity index (χ0) is 18.7. The van der Waals surface area contributed by atoms with Gasteiger partial charge >= 0.3 is 0 Å². The molecule has 2 aromatic heterocycles. The Hall–Kier alpha value is -2.63. The second-order valence-electron chi connectivity index (χ2n) is 5.70. The summed E-state index contributed by atoms with van der Waals surface area (Å²) in [5, 5.41) is 5.05. The van der Waals surface area contributed by atoms with Crippen molar-refractivity contribution in [2.75, 3.05) is 0 Å². The summed E-state index contributed by atoms with van der Waals surface area (Å²) in [6.45, 7) is 3.96. The van der Waals surface area contributed by atoms with E-state index in [1.165, 1.54) is 6.20 Å². The minimum absolute atomic E-state index is 0.312. The third-order valence-electron chi connectivity index (χ3n) is 3.93. The van der Waals surface area contributed by atoms with Crippen LogP contribution in [0.25, 0.3) is 5.69 Å². The smallest absolute Gasteiger partial charge is 0.272 e. The number of carbonyl (C=O) groups excluding carboxylic acids is 1. The highest BCUT2D eigenvalue weighted by Crippen LogP contribution is 2.27. The SMILES string of the molecule is Cc1cc(/C=N\NC(=O)c2cccnc2)c(C)n1-c1ccc(Cl)c(Cl)c1. The molecule has 0 atom stereocenters. The number of hydrogen-bond donors (Lipinski definition) is 1. The van der Waals surface area contributed by atoms with E-state index in [1.54, 1.807) is 30.6 Å². The van der Waals surface area contributed by atoms with Crippen molar-refractivity contribution in [2.45, 2.75) is 13.8 Å². The minimum Gasteiger partial charge on any atom is -0.318 e. The highest BCUT2D eigenvalue weighted by atomic mass is 35.5. The maximum Gasteiger partial charge on any atom is 0.272 e. The number of aromatic nitrogens is 2. The van der Waals surface area contributed by atoms with Gasteiger partial charge in [-0.3, -0.25) is 9.78 Å². The molecule has 7 heteroatoms. The van der Waals surface area contributed by atoms with Crippen LogP contribution in [0.2, 0.25) is 10.0 Å². The zero-order valence-electron chi connectivity index (χ0n) is 14.2. The van der Waals surface area contributed by atoms with Crippen molar-refractivity contribution in [3.05, 3.63) is 81.4 Å². The number of amides is 1. The van der Waals surface area contributed by atoms with Crippen LogP contribution in [0.15, 0.2) is 53.9 Å². The number of rotatable bonds is 4. The Morgan fingerprint density at radius 3 is 2.69 bits per heavy atom. The molecule has 2 heterocycles. The van der Waals surface area contributed by atoms with Gasteiger partial charge in [0.05, 0.1) is 21.8 Å². The van der Waals surface area contributed by atoms with Crippen LogP contribution >= 0.6 is 23.2 Å². The van der Waals surface area contributed by atoms with Gasteiger partial charge in [0.2, 0.25) is 0 Å². The summed E-state index contributed by atoms with van der Waals surface area (Å²) in [5.74, 6) is -0.312. The average Bonchev–Trinajstić information content (AvgIpc) is 2.92. The number of nitrogens with zero attached hydrogens (tertiary/aromatic N) is 3. The van der Waals surface area contributed by atoms with E-state index in [1.807, 2.05) is 36.6 Å². The molecule has 1 aromatic carbocycles. The number of pyridine rings is 1. The maximum absolute atomic E-state index is 12.0. The Balaban J connectivity index is 1.81. The summed E-state index contributed by atoms with van der Waals surface area (Å²) in [7, 11) is 0. The molecule has 5 nitrogen and oxygen atoms in total. The fourth-order valence-corrected chi connectivity index (χ4v) is 2.95. The lowest BCUT2D eigenvalue weighted by atomic mass is 10.2. The number of hydrogen-bond acceptors (Lipinski definition) is 3. The van der Waals surface area contributed by atoms with Gasteiger partial charge in [0.25, 0.3) is 5.91 Å². The quantitative estimate of drug-likeness (QED) is 0.527. The number of hydrazone groups is 1. The third-order valence-corrected chi connectivity index (χ3v) is 4.66. The van der Waals surface area contributed by atoms with E-state index < -0.39 is 0 Å². The molecule has 0 saturated heterocycles. The van der Waals surface area contributed by atoms with Crippen molar-refractivity contribution in [1.82, 2.24) is 15.0 Å². The van der Waals surface area contributed by atoms with Gasteiger partial charge in [-0.2, -0.15) is 5.10 Å². The fraction of sp³-hybridized carbons (Fsp3) is 0.105. The third kappa shape index (κ3) is 3.79. The van der Waals surface area contributed by atoms with E-state index in [0.29, 0.717) is 15.6 Å². The summed E-state index contributed by atoms with van der Waals surface area (Å²) in [6, 6.07) is 10.8. The fourth-order valence-electron chi connectivity index (χ4n) is 2.66. The zero-order valence-corrected chi connectivity index (χ0v) is 15.7. The molecular weight excluding hydrogens is 371 g/mol. The van der Waals surface area contributed by atoms with Crippen molar-refractivity contribution in [3.8, 4) is 5.69 Å². The molecule has 3 rings (SSSR count). The van der Waals surface area contributed by atoms with Gasteiger partial charge in [0.15, 0.2) is 0 Å². The lowest BCUT2D eigenvalue weighted by Crippen LogP contribution is -2.17. The van der Waals surface area contributed by atoms with Crippen LogP contribution in [-0.4, -0.2) is 21.7 Å². The molecule has 0 bridgehead atoms. The Morgan fingerprint density at radius 2 is 2.00 bits per heavy atom. The van der Waals surface area contributed by atoms with Gasteiger partial charge in [-0.1, -0.05) is 23.2 Å². The van der Waals surface area contributed by atoms with Crippen molar-refractivity contribution < 1.29 is 4.79 Å². The van der Waals surface area contributed by atoms with E-state index in [-0.39, 0.29) is 5.91 Å². The standard InChI is InChI=1S/C19H16Cl2N4O/c1-12-8-15(11-23-24-19(26)14-4-3-7-22-10-14)13(2)25(12)16-5-6-17(20)18(21)9-16/h3-11H,1-2H3,(H,24,26)/b23-11-. The predicted octanol–water partition coefficient (Wildman–Crippen LogP) is 4.56. The highest BCUT2D eigenvalue weighted by molar-refractivity contribution is 6.42. The predicted molar refractivity (Wildman–Crippen MR) is 105 cm³/mol. The minimum atomic E-state index is -0.312. The first-order chi connectivity index (χ1) is 12.5. The van der Waals surface area contributed by atoms with Crippen molar-refractivity contribution >= 4 is 35.3 Å². The maximum atomic E-state index is 12.0. The molecule has 0 unspecified atom stereocenters. The summed E-state index contributed by atoms with van der Waals surface area (Å²) in [4.78, 5) is 15.9. The molecule has 1 amide bonds. The van der Waals surface area contributed by atoms with Gasteiger partial charge in [0, 0.05) is 35.0 Å². The van der Waals surface area contributed by atoms with Crippen LogP contribution in [-0.2, 0) is 0 Å². The van der Waals surface area contributed by atoms with Crippen LogP contribution < -0.4 is 5.43 Å². The number of halogens is 2. The Bertz CT molecular complexity index is 981. The summed E-state index contributed by atoms with van der Waals surface area (Å²) in [5.41, 5.74) is 6.74. The number of benzene rings is 1. The number of carbonyl (C=O) groups is 1. The molecule has 0 spiro atoms. The van der Waals surface area contributed by atoms with Gasteiger partial charge in [0.1, 0.15) is 0 Å². The van der Waals surface area contributed by atoms with Crippen molar-refractivity contribution in [1.29, 1.82) is 0 Å². The number of nitrogens with one attached hydrogen (secondary N) is 1. The van der Waals surface area contributed by atoms with Gasteiger partial charge < -0.3 is 4.57 Å². The van der Waals surface area contributed by atoms with E-state index in [9.17, 15) is 4.79 Å². The molecule has 0 aliphatic carbocycles. The molecule has 132 valence electrons. The molecule has 0 fully saturated rings. The summed E-state index contributed by atoms with van der Waals surface area (Å²) in [6.07, 6.45) is 4.71. The first kappa shape index (κ1) is 18.2. The summed E-state index contributed by atoms with van der Waals surface area (Å²) >= 11 is 12.1. The summed E-state index contributed by atoms with van der Waals surface area (Å²) < 4.78 is 2.05. The first-order valence-electron chi connectivity index (χ1n) is 7.85. The second-order valence-corrected chi connectivity index (χ2v) is 6.52. The first-order valence-corrected chi connectivity index (χ1v) is 8.61. The van der Waals surface area contributed by atoms with E-state index in [2.05, 4.69) is 15.5 Å². The molecule has 0 aliphatic rings. The van der Waals surface area contributed by atoms with Crippen LogP contribution in [0.4, 0.5) is 0 Å². The molecule has 0 aliphatic heterocycles. The molecule has 1 N–H and O–H groups in total. The van der Waals surface area contributed by atoms with Crippen LogP contribution in [0.5, 0.6) is 0 Å². The monoisotopic (exact) mass is 386 g/mol. The van der Waals surface area contributed by atoms with Crippen molar-refractivity contribution in [2.24, 2.45) is 5.10 Å². The van der Waals surface area contributed by atoms with E-state index >= 15 is 0 Å². The highest BCUT2D eigenvalue weighted by Gasteiger charge is 2.11. The number of aryl methyl sites for hydroxylation is 1. The average molecular weight is 387 g/mol. The molecular formula is C19H16Cl2N4O. The van der Waals surface area contributed by atoms with E-state index in [4.69, 9.17) is 23.2 Å². The van der Waals surface area contributed by atoms with E-state index in [0.717, 1.165) is 22.6 Å². The van der Waals surface area contributed by atoms with Crippen LogP contribution in [0.3, 0.4) is 0 Å². The Labute approximate surface area is 161 Å². The largest absolute Gasteiger partial charge is 0.318 e. The molecule has 0 radical (unpaired) electrons. The van der Waals surface area contributed by atoms with Crippen molar-refractivity contribution in [3.63, 3.8) is 0 Å². The molecule has 26 heavy (non-hydrogen) atoms. The van der Waals surface area contributed by atoms with Crippen LogP contribution in [0, 0.1) is 13.8 Å². The molecule has 3 aromatic rings. The normalized spacial score (nSPS) is 11.1. The Kier molecular flexibility index (Phi) is 5.40. The Morgan fingerprint density at radius 1 is 1.19 bits per heavy atom.